The van der Waals surface area contributed by atoms with Gasteiger partial charge in [-0.15, -0.1) is 0 Å². The normalized spacial score (nSPS) is 10.4. The van der Waals surface area contributed by atoms with Gasteiger partial charge in [0, 0.05) is 17.2 Å². The van der Waals surface area contributed by atoms with Crippen LogP contribution in [0.2, 0.25) is 5.02 Å². The van der Waals surface area contributed by atoms with E-state index in [4.69, 9.17) is 21.1 Å². The van der Waals surface area contributed by atoms with Crippen molar-refractivity contribution in [1.82, 2.24) is 0 Å². The molecule has 0 atom stereocenters. The Balaban J connectivity index is 1.90. The number of hydrogen-bond acceptors (Lipinski definition) is 6. The molecule has 27 heavy (non-hydrogen) atoms. The highest BCUT2D eigenvalue weighted by Gasteiger charge is 2.14. The number of amides is 1. The van der Waals surface area contributed by atoms with E-state index in [1.54, 1.807) is 24.3 Å². The van der Waals surface area contributed by atoms with E-state index in [-0.39, 0.29) is 17.1 Å². The fourth-order valence-electron chi connectivity index (χ4n) is 2.04. The number of nitro groups is 1. The van der Waals surface area contributed by atoms with E-state index in [2.05, 4.69) is 5.32 Å². The van der Waals surface area contributed by atoms with E-state index in [0.717, 1.165) is 0 Å². The van der Waals surface area contributed by atoms with Crippen molar-refractivity contribution in [2.45, 2.75) is 0 Å². The average Bonchev–Trinajstić information content (AvgIpc) is 2.65. The Hall–Kier alpha value is -3.39. The number of hydrogen-bond donors (Lipinski definition) is 1. The maximum Gasteiger partial charge on any atom is 0.331 e. The molecule has 0 bridgehead atoms. The van der Waals surface area contributed by atoms with Gasteiger partial charge in [-0.3, -0.25) is 14.9 Å². The standard InChI is InChI=1S/C18H15ClN2O6/c1-26-16-10-14(21(24)25)6-7-15(16)20-17(22)11-27-18(23)8-5-12-3-2-4-13(19)9-12/h2-10H,11H2,1H3,(H,20,22)/b8-5+. The Morgan fingerprint density at radius 2 is 2.04 bits per heavy atom. The predicted molar refractivity (Wildman–Crippen MR) is 99.7 cm³/mol. The van der Waals surface area contributed by atoms with Crippen LogP contribution in [-0.4, -0.2) is 30.5 Å². The van der Waals surface area contributed by atoms with Gasteiger partial charge in [0.1, 0.15) is 5.75 Å². The van der Waals surface area contributed by atoms with E-state index < -0.39 is 23.4 Å². The summed E-state index contributed by atoms with van der Waals surface area (Å²) in [5.41, 5.74) is 0.751. The number of esters is 1. The molecule has 8 nitrogen and oxygen atoms in total. The summed E-state index contributed by atoms with van der Waals surface area (Å²) in [5.74, 6) is -1.21. The molecule has 0 fully saturated rings. The van der Waals surface area contributed by atoms with Crippen LogP contribution in [0.25, 0.3) is 6.08 Å². The molecule has 0 radical (unpaired) electrons. The monoisotopic (exact) mass is 390 g/mol. The second-order valence-electron chi connectivity index (χ2n) is 5.19. The third-order valence-electron chi connectivity index (χ3n) is 3.28. The third-order valence-corrected chi connectivity index (χ3v) is 3.51. The van der Waals surface area contributed by atoms with Crippen molar-refractivity contribution in [3.8, 4) is 5.75 Å². The van der Waals surface area contributed by atoms with E-state index in [1.807, 2.05) is 0 Å². The first-order valence-electron chi connectivity index (χ1n) is 7.61. The van der Waals surface area contributed by atoms with Crippen molar-refractivity contribution in [2.24, 2.45) is 0 Å². The third kappa shape index (κ3) is 6.12. The van der Waals surface area contributed by atoms with Crippen molar-refractivity contribution in [2.75, 3.05) is 19.0 Å². The zero-order valence-electron chi connectivity index (χ0n) is 14.2. The van der Waals surface area contributed by atoms with Crippen LogP contribution >= 0.6 is 11.6 Å². The number of carbonyl (C=O) groups is 2. The summed E-state index contributed by atoms with van der Waals surface area (Å²) < 4.78 is 9.85. The molecule has 1 N–H and O–H groups in total. The van der Waals surface area contributed by atoms with Crippen molar-refractivity contribution in [3.63, 3.8) is 0 Å². The van der Waals surface area contributed by atoms with Crippen LogP contribution in [-0.2, 0) is 14.3 Å². The zero-order valence-corrected chi connectivity index (χ0v) is 14.9. The zero-order chi connectivity index (χ0) is 19.8. The van der Waals surface area contributed by atoms with Crippen molar-refractivity contribution < 1.29 is 24.0 Å². The predicted octanol–water partition coefficient (Wildman–Crippen LogP) is 3.45. The smallest absolute Gasteiger partial charge is 0.331 e. The van der Waals surface area contributed by atoms with Gasteiger partial charge in [-0.05, 0) is 29.8 Å². The summed E-state index contributed by atoms with van der Waals surface area (Å²) in [4.78, 5) is 33.8. The number of non-ortho nitro benzene ring substituents is 1. The Morgan fingerprint density at radius 1 is 1.26 bits per heavy atom. The van der Waals surface area contributed by atoms with Crippen LogP contribution in [0.1, 0.15) is 5.56 Å². The van der Waals surface area contributed by atoms with Gasteiger partial charge in [0.05, 0.1) is 23.8 Å². The molecule has 0 aliphatic rings. The first-order chi connectivity index (χ1) is 12.9. The quantitative estimate of drug-likeness (QED) is 0.336. The van der Waals surface area contributed by atoms with E-state index >= 15 is 0 Å². The van der Waals surface area contributed by atoms with Gasteiger partial charge >= 0.3 is 5.97 Å². The Bertz CT molecular complexity index is 897. The highest BCUT2D eigenvalue weighted by Crippen LogP contribution is 2.28. The molecule has 0 saturated heterocycles. The second-order valence-corrected chi connectivity index (χ2v) is 5.62. The van der Waals surface area contributed by atoms with Gasteiger partial charge in [0.15, 0.2) is 6.61 Å². The number of nitrogens with one attached hydrogen (secondary N) is 1. The van der Waals surface area contributed by atoms with Crippen LogP contribution < -0.4 is 10.1 Å². The van der Waals surface area contributed by atoms with Crippen LogP contribution in [0.15, 0.2) is 48.5 Å². The number of rotatable bonds is 7. The molecule has 0 unspecified atom stereocenters. The molecule has 2 aromatic carbocycles. The summed E-state index contributed by atoms with van der Waals surface area (Å²) in [7, 11) is 1.31. The number of carbonyl (C=O) groups excluding carboxylic acids is 2. The number of halogens is 1. The molecule has 0 heterocycles. The number of benzene rings is 2. The number of ether oxygens (including phenoxy) is 2. The van der Waals surface area contributed by atoms with Gasteiger partial charge < -0.3 is 14.8 Å². The number of anilines is 1. The van der Waals surface area contributed by atoms with Gasteiger partial charge in [-0.25, -0.2) is 4.79 Å². The van der Waals surface area contributed by atoms with E-state index in [1.165, 1.54) is 37.5 Å². The summed E-state index contributed by atoms with van der Waals surface area (Å²) >= 11 is 5.84. The summed E-state index contributed by atoms with van der Waals surface area (Å²) in [6, 6.07) is 10.6. The largest absolute Gasteiger partial charge is 0.494 e. The highest BCUT2D eigenvalue weighted by molar-refractivity contribution is 6.30. The molecule has 2 rings (SSSR count). The molecular weight excluding hydrogens is 376 g/mol. The molecule has 140 valence electrons. The Morgan fingerprint density at radius 3 is 2.70 bits per heavy atom. The van der Waals surface area contributed by atoms with Crippen LogP contribution in [0.5, 0.6) is 5.75 Å². The average molecular weight is 391 g/mol. The summed E-state index contributed by atoms with van der Waals surface area (Å²) in [6.07, 6.45) is 2.68. The Kier molecular flexibility index (Phi) is 6.90. The number of nitro benzene ring substituents is 1. The lowest BCUT2D eigenvalue weighted by molar-refractivity contribution is -0.384. The molecule has 1 amide bonds. The first-order valence-corrected chi connectivity index (χ1v) is 7.99. The molecule has 0 saturated carbocycles. The minimum Gasteiger partial charge on any atom is -0.494 e. The molecule has 0 aliphatic carbocycles. The SMILES string of the molecule is COc1cc([N+](=O)[O-])ccc1NC(=O)COC(=O)/C=C/c1cccc(Cl)c1. The van der Waals surface area contributed by atoms with Crippen LogP contribution in [0.4, 0.5) is 11.4 Å². The van der Waals surface area contributed by atoms with E-state index in [0.29, 0.717) is 10.6 Å². The lowest BCUT2D eigenvalue weighted by Crippen LogP contribution is -2.20. The van der Waals surface area contributed by atoms with Crippen LogP contribution in [0, 0.1) is 10.1 Å². The number of nitrogens with zero attached hydrogens (tertiary/aromatic N) is 1. The topological polar surface area (TPSA) is 108 Å². The van der Waals surface area contributed by atoms with Crippen molar-refractivity contribution in [1.29, 1.82) is 0 Å². The lowest BCUT2D eigenvalue weighted by Gasteiger charge is -2.09. The van der Waals surface area contributed by atoms with Gasteiger partial charge in [0.2, 0.25) is 0 Å². The fraction of sp³-hybridized carbons (Fsp3) is 0.111. The Labute approximate surface area is 159 Å². The van der Waals surface area contributed by atoms with E-state index in [9.17, 15) is 19.7 Å². The minimum atomic E-state index is -0.708. The highest BCUT2D eigenvalue weighted by atomic mass is 35.5. The maximum absolute atomic E-state index is 11.9. The summed E-state index contributed by atoms with van der Waals surface area (Å²) in [5, 5.41) is 13.7. The molecule has 0 aliphatic heterocycles. The lowest BCUT2D eigenvalue weighted by atomic mass is 10.2. The number of methoxy groups -OCH3 is 1. The van der Waals surface area contributed by atoms with Gasteiger partial charge in [-0.2, -0.15) is 0 Å². The first kappa shape index (κ1) is 19.9. The van der Waals surface area contributed by atoms with Crippen molar-refractivity contribution in [3.05, 3.63) is 69.2 Å². The summed E-state index contributed by atoms with van der Waals surface area (Å²) in [6.45, 7) is -0.529. The molecule has 0 aromatic heterocycles. The van der Waals surface area contributed by atoms with Crippen LogP contribution in [0.3, 0.4) is 0 Å². The molecule has 9 heteroatoms. The fourth-order valence-corrected chi connectivity index (χ4v) is 2.24. The molecule has 2 aromatic rings. The van der Waals surface area contributed by atoms with Gasteiger partial charge in [0.25, 0.3) is 11.6 Å². The molecule has 0 spiro atoms. The minimum absolute atomic E-state index is 0.115. The molecular formula is C18H15ClN2O6. The maximum atomic E-state index is 11.9. The van der Waals surface area contributed by atoms with Crippen molar-refractivity contribution >= 4 is 40.9 Å². The van der Waals surface area contributed by atoms with Gasteiger partial charge in [-0.1, -0.05) is 23.7 Å². The second kappa shape index (κ2) is 9.35.